The summed E-state index contributed by atoms with van der Waals surface area (Å²) in [5.41, 5.74) is 8.17. The molecule has 0 aliphatic carbocycles. The van der Waals surface area contributed by atoms with Crippen molar-refractivity contribution in [1.82, 2.24) is 5.43 Å². The van der Waals surface area contributed by atoms with Gasteiger partial charge >= 0.3 is 5.97 Å². The molecule has 2 aromatic carbocycles. The maximum Gasteiger partial charge on any atom is 0.338 e. The third kappa shape index (κ3) is 4.90. The molecule has 0 bridgehead atoms. The smallest absolute Gasteiger partial charge is 0.338 e. The van der Waals surface area contributed by atoms with Crippen LogP contribution in [0.15, 0.2) is 54.6 Å². The molecule has 2 rings (SSSR count). The number of nitrogens with one attached hydrogen (secondary N) is 2. The minimum absolute atomic E-state index is 0.301. The van der Waals surface area contributed by atoms with Crippen LogP contribution < -0.4 is 10.9 Å². The number of rotatable bonds is 5. The summed E-state index contributed by atoms with van der Waals surface area (Å²) in [6.07, 6.45) is 0. The number of anilines is 1. The fraction of sp³-hybridized carbons (Fsp3) is 0.278. The fourth-order valence-corrected chi connectivity index (χ4v) is 1.97. The molecule has 0 aliphatic rings. The van der Waals surface area contributed by atoms with Gasteiger partial charge in [0.05, 0.1) is 5.56 Å². The third-order valence-electron chi connectivity index (χ3n) is 2.92. The highest BCUT2D eigenvalue weighted by atomic mass is 16.6. The van der Waals surface area contributed by atoms with Gasteiger partial charge in [-0.25, -0.2) is 10.2 Å². The normalized spacial score (nSPS) is 11.0. The van der Waals surface area contributed by atoms with Gasteiger partial charge in [-0.3, -0.25) is 0 Å². The average molecular weight is 298 g/mol. The molecule has 0 spiro atoms. The first kappa shape index (κ1) is 16.0. The predicted molar refractivity (Wildman–Crippen MR) is 88.5 cm³/mol. The van der Waals surface area contributed by atoms with E-state index in [1.165, 1.54) is 0 Å². The number of carbonyl (C=O) groups is 1. The van der Waals surface area contributed by atoms with Gasteiger partial charge in [-0.1, -0.05) is 36.4 Å². The third-order valence-corrected chi connectivity index (χ3v) is 2.92. The standard InChI is InChI=1S/C18H22N2O2/c1-18(2,3)22-17(21)16-12-8-7-9-14(16)13-19-20-15-10-5-4-6-11-15/h4-12,19-20H,13H2,1-3H3. The van der Waals surface area contributed by atoms with Crippen LogP contribution in [0.2, 0.25) is 0 Å². The zero-order chi connectivity index (χ0) is 16.0. The number of esters is 1. The molecule has 0 atom stereocenters. The second kappa shape index (κ2) is 7.09. The van der Waals surface area contributed by atoms with Crippen LogP contribution in [0.5, 0.6) is 0 Å². The Hall–Kier alpha value is -2.33. The van der Waals surface area contributed by atoms with E-state index in [1.54, 1.807) is 6.07 Å². The van der Waals surface area contributed by atoms with Crippen molar-refractivity contribution in [2.45, 2.75) is 32.9 Å². The lowest BCUT2D eigenvalue weighted by Crippen LogP contribution is -2.26. The van der Waals surface area contributed by atoms with E-state index in [-0.39, 0.29) is 5.97 Å². The number of benzene rings is 2. The van der Waals surface area contributed by atoms with Crippen LogP contribution in [0.3, 0.4) is 0 Å². The van der Waals surface area contributed by atoms with Gasteiger partial charge < -0.3 is 10.2 Å². The van der Waals surface area contributed by atoms with Crippen LogP contribution in [0.4, 0.5) is 5.69 Å². The van der Waals surface area contributed by atoms with Gasteiger partial charge in [-0.05, 0) is 44.5 Å². The van der Waals surface area contributed by atoms with Crippen LogP contribution >= 0.6 is 0 Å². The van der Waals surface area contributed by atoms with Crippen LogP contribution in [0.1, 0.15) is 36.7 Å². The SMILES string of the molecule is CC(C)(C)OC(=O)c1ccccc1CNNc1ccccc1. The number of hydrogen-bond acceptors (Lipinski definition) is 4. The second-order valence-corrected chi connectivity index (χ2v) is 6.00. The molecular formula is C18H22N2O2. The van der Waals surface area contributed by atoms with Crippen molar-refractivity contribution in [2.24, 2.45) is 0 Å². The number of para-hydroxylation sites is 1. The van der Waals surface area contributed by atoms with Crippen LogP contribution in [0, 0.1) is 0 Å². The van der Waals surface area contributed by atoms with Gasteiger partial charge in [0.1, 0.15) is 5.60 Å². The van der Waals surface area contributed by atoms with Crippen LogP contribution in [-0.2, 0) is 11.3 Å². The summed E-state index contributed by atoms with van der Waals surface area (Å²) in [5.74, 6) is -0.301. The number of ether oxygens (including phenoxy) is 1. The molecule has 0 fully saturated rings. The van der Waals surface area contributed by atoms with E-state index in [0.29, 0.717) is 12.1 Å². The lowest BCUT2D eigenvalue weighted by atomic mass is 10.1. The zero-order valence-electron chi connectivity index (χ0n) is 13.2. The zero-order valence-corrected chi connectivity index (χ0v) is 13.2. The first-order chi connectivity index (χ1) is 10.5. The molecule has 0 aliphatic heterocycles. The number of hydrazine groups is 1. The predicted octanol–water partition coefficient (Wildman–Crippen LogP) is 3.76. The largest absolute Gasteiger partial charge is 0.456 e. The van der Waals surface area contributed by atoms with Crippen LogP contribution in [0.25, 0.3) is 0 Å². The summed E-state index contributed by atoms with van der Waals surface area (Å²) in [4.78, 5) is 12.2. The van der Waals surface area contributed by atoms with Crippen molar-refractivity contribution in [1.29, 1.82) is 0 Å². The molecule has 0 saturated carbocycles. The molecule has 0 saturated heterocycles. The molecule has 4 heteroatoms. The fourth-order valence-electron chi connectivity index (χ4n) is 1.97. The Bertz CT molecular complexity index is 618. The Kier molecular flexibility index (Phi) is 5.17. The minimum atomic E-state index is -0.500. The molecule has 0 heterocycles. The van der Waals surface area contributed by atoms with Crippen molar-refractivity contribution in [3.63, 3.8) is 0 Å². The van der Waals surface area contributed by atoms with E-state index in [9.17, 15) is 4.79 Å². The van der Waals surface area contributed by atoms with Crippen molar-refractivity contribution >= 4 is 11.7 Å². The molecule has 2 aromatic rings. The van der Waals surface area contributed by atoms with Gasteiger partial charge in [0.15, 0.2) is 0 Å². The van der Waals surface area contributed by atoms with Gasteiger partial charge in [0.25, 0.3) is 0 Å². The molecule has 0 radical (unpaired) electrons. The Morgan fingerprint density at radius 1 is 1.00 bits per heavy atom. The Morgan fingerprint density at radius 2 is 1.64 bits per heavy atom. The Balaban J connectivity index is 2.01. The van der Waals surface area contributed by atoms with Gasteiger partial charge in [0.2, 0.25) is 0 Å². The Morgan fingerprint density at radius 3 is 2.32 bits per heavy atom. The maximum absolute atomic E-state index is 12.2. The summed E-state index contributed by atoms with van der Waals surface area (Å²) in [6, 6.07) is 17.3. The topological polar surface area (TPSA) is 50.4 Å². The van der Waals surface area contributed by atoms with Gasteiger partial charge in [-0.15, -0.1) is 0 Å². The first-order valence-corrected chi connectivity index (χ1v) is 7.31. The highest BCUT2D eigenvalue weighted by Gasteiger charge is 2.19. The molecular weight excluding hydrogens is 276 g/mol. The lowest BCUT2D eigenvalue weighted by molar-refractivity contribution is 0.00682. The quantitative estimate of drug-likeness (QED) is 0.652. The van der Waals surface area contributed by atoms with Crippen molar-refractivity contribution in [2.75, 3.05) is 5.43 Å². The second-order valence-electron chi connectivity index (χ2n) is 6.00. The molecule has 2 N–H and O–H groups in total. The average Bonchev–Trinajstić information content (AvgIpc) is 2.47. The maximum atomic E-state index is 12.2. The van der Waals surface area contributed by atoms with E-state index in [2.05, 4.69) is 10.9 Å². The summed E-state index contributed by atoms with van der Waals surface area (Å²) in [6.45, 7) is 6.11. The molecule has 0 aromatic heterocycles. The number of carbonyl (C=O) groups excluding carboxylic acids is 1. The highest BCUT2D eigenvalue weighted by molar-refractivity contribution is 5.91. The van der Waals surface area contributed by atoms with Crippen molar-refractivity contribution < 1.29 is 9.53 Å². The van der Waals surface area contributed by atoms with Crippen LogP contribution in [-0.4, -0.2) is 11.6 Å². The first-order valence-electron chi connectivity index (χ1n) is 7.31. The molecule has 22 heavy (non-hydrogen) atoms. The molecule has 0 amide bonds. The Labute approximate surface area is 131 Å². The van der Waals surface area contributed by atoms with Crippen molar-refractivity contribution in [3.8, 4) is 0 Å². The van der Waals surface area contributed by atoms with Gasteiger partial charge in [0, 0.05) is 12.2 Å². The summed E-state index contributed by atoms with van der Waals surface area (Å²) >= 11 is 0. The summed E-state index contributed by atoms with van der Waals surface area (Å²) in [7, 11) is 0. The van der Waals surface area contributed by atoms with E-state index in [1.807, 2.05) is 69.3 Å². The van der Waals surface area contributed by atoms with E-state index < -0.39 is 5.60 Å². The summed E-state index contributed by atoms with van der Waals surface area (Å²) in [5, 5.41) is 0. The van der Waals surface area contributed by atoms with E-state index in [4.69, 9.17) is 4.74 Å². The van der Waals surface area contributed by atoms with Gasteiger partial charge in [-0.2, -0.15) is 0 Å². The monoisotopic (exact) mass is 298 g/mol. The van der Waals surface area contributed by atoms with Crippen molar-refractivity contribution in [3.05, 3.63) is 65.7 Å². The van der Waals surface area contributed by atoms with E-state index >= 15 is 0 Å². The number of hydrogen-bond donors (Lipinski definition) is 2. The van der Waals surface area contributed by atoms with E-state index in [0.717, 1.165) is 11.3 Å². The lowest BCUT2D eigenvalue weighted by Gasteiger charge is -2.20. The minimum Gasteiger partial charge on any atom is -0.456 e. The molecule has 116 valence electrons. The molecule has 4 nitrogen and oxygen atoms in total. The molecule has 0 unspecified atom stereocenters. The summed E-state index contributed by atoms with van der Waals surface area (Å²) < 4.78 is 5.44. The highest BCUT2D eigenvalue weighted by Crippen LogP contribution is 2.15.